The fourth-order valence-electron chi connectivity index (χ4n) is 2.07. The lowest BCUT2D eigenvalue weighted by atomic mass is 10.1. The number of nitrogens with zero attached hydrogens (tertiary/aromatic N) is 2. The Bertz CT molecular complexity index is 841. The molecule has 0 atom stereocenters. The summed E-state index contributed by atoms with van der Waals surface area (Å²) in [6.45, 7) is 1.20. The highest BCUT2D eigenvalue weighted by molar-refractivity contribution is 7.80. The van der Waals surface area contributed by atoms with E-state index in [0.717, 1.165) is 6.07 Å². The summed E-state index contributed by atoms with van der Waals surface area (Å²) in [4.78, 5) is 3.91. The van der Waals surface area contributed by atoms with E-state index in [0.29, 0.717) is 11.3 Å². The first kappa shape index (κ1) is 19.6. The summed E-state index contributed by atoms with van der Waals surface area (Å²) in [5.74, 6) is -0.164. The molecule has 2 aromatic rings. The number of aromatic nitrogens is 1. The van der Waals surface area contributed by atoms with E-state index >= 15 is 0 Å². The Morgan fingerprint density at radius 1 is 1.35 bits per heavy atom. The van der Waals surface area contributed by atoms with E-state index in [4.69, 9.17) is 12.2 Å². The van der Waals surface area contributed by atoms with E-state index in [2.05, 4.69) is 20.8 Å². The van der Waals surface area contributed by atoms with E-state index in [1.54, 1.807) is 6.92 Å². The number of pyridine rings is 1. The number of halogens is 3. The third-order valence-electron chi connectivity index (χ3n) is 3.37. The van der Waals surface area contributed by atoms with Crippen molar-refractivity contribution in [3.05, 3.63) is 52.8 Å². The van der Waals surface area contributed by atoms with Gasteiger partial charge in [-0.15, -0.1) is 0 Å². The number of alkyl halides is 3. The first-order valence-corrected chi connectivity index (χ1v) is 7.69. The quantitative estimate of drug-likeness (QED) is 0.368. The number of hydrogen-bond acceptors (Lipinski definition) is 5. The van der Waals surface area contributed by atoms with Crippen LogP contribution in [-0.4, -0.2) is 26.5 Å². The summed E-state index contributed by atoms with van der Waals surface area (Å²) in [6.07, 6.45) is -1.95. The number of anilines is 1. The fraction of sp³-hybridized carbons (Fsp3) is 0.188. The van der Waals surface area contributed by atoms with E-state index < -0.39 is 11.7 Å². The number of aromatic hydroxyl groups is 1. The van der Waals surface area contributed by atoms with Gasteiger partial charge in [0.15, 0.2) is 5.11 Å². The number of nitrogens with one attached hydrogen (secondary N) is 2. The molecule has 10 heteroatoms. The van der Waals surface area contributed by atoms with E-state index in [9.17, 15) is 23.4 Å². The molecule has 0 saturated heterocycles. The van der Waals surface area contributed by atoms with Crippen LogP contribution in [0.1, 0.15) is 22.4 Å². The largest absolute Gasteiger partial charge is 0.505 e. The Morgan fingerprint density at radius 3 is 2.69 bits per heavy atom. The summed E-state index contributed by atoms with van der Waals surface area (Å²) in [7, 11) is 0. The molecule has 6 nitrogen and oxygen atoms in total. The van der Waals surface area contributed by atoms with Crippen LogP contribution in [0.5, 0.6) is 5.75 Å². The molecule has 1 heterocycles. The number of aryl methyl sites for hydroxylation is 1. The molecule has 138 valence electrons. The normalized spacial score (nSPS) is 11.6. The highest BCUT2D eigenvalue weighted by atomic mass is 32.1. The number of rotatable bonds is 4. The van der Waals surface area contributed by atoms with Crippen LogP contribution in [0.2, 0.25) is 0 Å². The van der Waals surface area contributed by atoms with Gasteiger partial charge in [0.25, 0.3) is 0 Å². The van der Waals surface area contributed by atoms with Crippen molar-refractivity contribution >= 4 is 29.2 Å². The molecular formula is C16H15F3N4O2S. The van der Waals surface area contributed by atoms with Crippen LogP contribution < -0.4 is 10.7 Å². The van der Waals surface area contributed by atoms with Crippen LogP contribution in [-0.2, 0) is 12.8 Å². The minimum Gasteiger partial charge on any atom is -0.505 e. The number of hydrazone groups is 1. The van der Waals surface area contributed by atoms with E-state index in [1.165, 1.54) is 30.6 Å². The van der Waals surface area contributed by atoms with Gasteiger partial charge in [-0.2, -0.15) is 18.3 Å². The van der Waals surface area contributed by atoms with E-state index in [-0.39, 0.29) is 28.7 Å². The topological polar surface area (TPSA) is 89.8 Å². The minimum absolute atomic E-state index is 0.164. The number of benzene rings is 1. The van der Waals surface area contributed by atoms with E-state index in [1.807, 2.05) is 0 Å². The lowest BCUT2D eigenvalue weighted by Gasteiger charge is -2.14. The fourth-order valence-corrected chi connectivity index (χ4v) is 2.23. The molecule has 0 aliphatic carbocycles. The maximum absolute atomic E-state index is 12.9. The Kier molecular flexibility index (Phi) is 6.11. The number of aliphatic hydroxyl groups excluding tert-OH is 1. The maximum Gasteiger partial charge on any atom is 0.418 e. The van der Waals surface area contributed by atoms with Crippen molar-refractivity contribution in [1.82, 2.24) is 10.4 Å². The molecule has 26 heavy (non-hydrogen) atoms. The molecule has 0 bridgehead atoms. The second kappa shape index (κ2) is 8.11. The third kappa shape index (κ3) is 4.67. The molecule has 0 fully saturated rings. The standard InChI is InChI=1S/C16H15F3N4O2S/c1-9-14(25)11(10(8-24)6-20-9)7-21-23-15(26)22-13-5-3-2-4-12(13)16(17,18)19/h2-7,24-25H,8H2,1H3,(H2,22,23,26)/b21-7+. The highest BCUT2D eigenvalue weighted by Crippen LogP contribution is 2.34. The van der Waals surface area contributed by atoms with Gasteiger partial charge in [0.2, 0.25) is 0 Å². The SMILES string of the molecule is Cc1ncc(CO)c(/C=N/NC(=S)Nc2ccccc2C(F)(F)F)c1O. The van der Waals surface area contributed by atoms with Crippen molar-refractivity contribution in [3.63, 3.8) is 0 Å². The highest BCUT2D eigenvalue weighted by Gasteiger charge is 2.33. The van der Waals surface area contributed by atoms with Crippen LogP contribution in [0.15, 0.2) is 35.6 Å². The summed E-state index contributed by atoms with van der Waals surface area (Å²) in [5.41, 5.74) is 2.18. The molecule has 0 amide bonds. The number of para-hydroxylation sites is 1. The Morgan fingerprint density at radius 2 is 2.04 bits per heavy atom. The maximum atomic E-state index is 12.9. The Labute approximate surface area is 152 Å². The molecule has 2 rings (SSSR count). The average molecular weight is 384 g/mol. The summed E-state index contributed by atoms with van der Waals surface area (Å²) >= 11 is 4.93. The average Bonchev–Trinajstić information content (AvgIpc) is 2.58. The van der Waals surface area contributed by atoms with Gasteiger partial charge >= 0.3 is 6.18 Å². The molecule has 0 spiro atoms. The molecule has 0 saturated carbocycles. The van der Waals surface area contributed by atoms with Gasteiger partial charge in [0.1, 0.15) is 5.75 Å². The Balaban J connectivity index is 2.12. The van der Waals surface area contributed by atoms with Crippen LogP contribution in [0.25, 0.3) is 0 Å². The zero-order chi connectivity index (χ0) is 19.3. The second-order valence-electron chi connectivity index (χ2n) is 5.16. The van der Waals surface area contributed by atoms with Gasteiger partial charge in [-0.05, 0) is 31.3 Å². The van der Waals surface area contributed by atoms with Gasteiger partial charge in [-0.3, -0.25) is 10.4 Å². The smallest absolute Gasteiger partial charge is 0.418 e. The van der Waals surface area contributed by atoms with Crippen molar-refractivity contribution < 1.29 is 23.4 Å². The van der Waals surface area contributed by atoms with Crippen molar-refractivity contribution in [2.45, 2.75) is 19.7 Å². The molecule has 0 unspecified atom stereocenters. The first-order valence-electron chi connectivity index (χ1n) is 7.28. The van der Waals surface area contributed by atoms with Crippen LogP contribution in [0.3, 0.4) is 0 Å². The zero-order valence-corrected chi connectivity index (χ0v) is 14.3. The minimum atomic E-state index is -4.53. The molecule has 0 aliphatic rings. The first-order chi connectivity index (χ1) is 12.2. The molecule has 1 aromatic heterocycles. The summed E-state index contributed by atoms with van der Waals surface area (Å²) < 4.78 is 38.8. The summed E-state index contributed by atoms with van der Waals surface area (Å²) in [5, 5.41) is 25.3. The van der Waals surface area contributed by atoms with Gasteiger partial charge < -0.3 is 15.5 Å². The second-order valence-corrected chi connectivity index (χ2v) is 5.56. The van der Waals surface area contributed by atoms with Crippen molar-refractivity contribution in [3.8, 4) is 5.75 Å². The predicted molar refractivity (Wildman–Crippen MR) is 95.0 cm³/mol. The zero-order valence-electron chi connectivity index (χ0n) is 13.5. The molecular weight excluding hydrogens is 369 g/mol. The molecule has 1 aromatic carbocycles. The number of thiocarbonyl (C=S) groups is 1. The molecule has 4 N–H and O–H groups in total. The number of aliphatic hydroxyl groups is 1. The Hall–Kier alpha value is -2.72. The number of hydrogen-bond donors (Lipinski definition) is 4. The van der Waals surface area contributed by atoms with Gasteiger partial charge in [0.05, 0.1) is 29.8 Å². The lowest BCUT2D eigenvalue weighted by Crippen LogP contribution is -2.25. The lowest BCUT2D eigenvalue weighted by molar-refractivity contribution is -0.136. The molecule has 0 aliphatic heterocycles. The van der Waals surface area contributed by atoms with Crippen LogP contribution in [0, 0.1) is 6.92 Å². The van der Waals surface area contributed by atoms with Crippen molar-refractivity contribution in [2.24, 2.45) is 5.10 Å². The third-order valence-corrected chi connectivity index (χ3v) is 3.56. The van der Waals surface area contributed by atoms with Crippen molar-refractivity contribution in [2.75, 3.05) is 5.32 Å². The van der Waals surface area contributed by atoms with Crippen LogP contribution in [0.4, 0.5) is 18.9 Å². The predicted octanol–water partition coefficient (Wildman–Crippen LogP) is 2.93. The van der Waals surface area contributed by atoms with Crippen LogP contribution >= 0.6 is 12.2 Å². The van der Waals surface area contributed by atoms with Gasteiger partial charge in [-0.1, -0.05) is 12.1 Å². The summed E-state index contributed by atoms with van der Waals surface area (Å²) in [6, 6.07) is 4.88. The molecule has 0 radical (unpaired) electrons. The van der Waals surface area contributed by atoms with Crippen molar-refractivity contribution in [1.29, 1.82) is 0 Å². The monoisotopic (exact) mass is 384 g/mol. The van der Waals surface area contributed by atoms with Gasteiger partial charge in [-0.25, -0.2) is 0 Å². The van der Waals surface area contributed by atoms with Gasteiger partial charge in [0, 0.05) is 17.3 Å².